The van der Waals surface area contributed by atoms with E-state index in [9.17, 15) is 26.9 Å². The summed E-state index contributed by atoms with van der Waals surface area (Å²) >= 11 is 0. The van der Waals surface area contributed by atoms with E-state index in [4.69, 9.17) is 0 Å². The quantitative estimate of drug-likeness (QED) is 0.238. The number of nitro benzene ring substituents is 1. The van der Waals surface area contributed by atoms with Crippen LogP contribution in [0, 0.1) is 10.1 Å². The van der Waals surface area contributed by atoms with E-state index in [1.54, 1.807) is 36.4 Å². The van der Waals surface area contributed by atoms with Crippen LogP contribution in [0.3, 0.4) is 0 Å². The fourth-order valence-electron chi connectivity index (χ4n) is 2.43. The number of amidine groups is 1. The third-order valence-electron chi connectivity index (χ3n) is 3.96. The first kappa shape index (κ1) is 22.1. The summed E-state index contributed by atoms with van der Waals surface area (Å²) in [6.07, 6.45) is 0. The maximum atomic E-state index is 12.6. The van der Waals surface area contributed by atoms with Crippen LogP contribution >= 0.6 is 0 Å². The standard InChI is InChI=1S/C19H16N4O6S2/c24-23(25)16-11-13-18(14-12-16)31(28,29)22-20-19(15-7-3-1-4-8-15)21-30(26,27)17-9-5-2-6-10-17/h1-14,22H,(H,20,21). The smallest absolute Gasteiger partial charge is 0.284 e. The number of nitrogens with one attached hydrogen (secondary N) is 2. The van der Waals surface area contributed by atoms with Gasteiger partial charge >= 0.3 is 0 Å². The number of benzene rings is 3. The van der Waals surface area contributed by atoms with Gasteiger partial charge in [-0.1, -0.05) is 48.5 Å². The van der Waals surface area contributed by atoms with Crippen LogP contribution in [0.25, 0.3) is 0 Å². The summed E-state index contributed by atoms with van der Waals surface area (Å²) in [4.78, 5) is 11.8. The van der Waals surface area contributed by atoms with E-state index in [0.29, 0.717) is 5.56 Å². The van der Waals surface area contributed by atoms with E-state index in [0.717, 1.165) is 24.3 Å². The van der Waals surface area contributed by atoms with Gasteiger partial charge in [0, 0.05) is 17.7 Å². The third-order valence-corrected chi connectivity index (χ3v) is 6.52. The molecule has 3 rings (SSSR count). The monoisotopic (exact) mass is 460 g/mol. The predicted octanol–water partition coefficient (Wildman–Crippen LogP) is 2.21. The van der Waals surface area contributed by atoms with Crippen molar-refractivity contribution < 1.29 is 21.8 Å². The first-order valence-corrected chi connectivity index (χ1v) is 11.6. The van der Waals surface area contributed by atoms with E-state index in [-0.39, 0.29) is 21.3 Å². The average Bonchev–Trinajstić information content (AvgIpc) is 2.78. The van der Waals surface area contributed by atoms with Crippen LogP contribution in [0.5, 0.6) is 0 Å². The van der Waals surface area contributed by atoms with Crippen LogP contribution in [-0.4, -0.2) is 27.6 Å². The van der Waals surface area contributed by atoms with Crippen LogP contribution in [0.4, 0.5) is 5.69 Å². The highest BCUT2D eigenvalue weighted by Crippen LogP contribution is 2.16. The molecule has 160 valence electrons. The molecule has 0 heterocycles. The maximum absolute atomic E-state index is 12.6. The molecule has 0 aliphatic heterocycles. The summed E-state index contributed by atoms with van der Waals surface area (Å²) in [6.45, 7) is 0. The Kier molecular flexibility index (Phi) is 6.44. The van der Waals surface area contributed by atoms with Gasteiger partial charge < -0.3 is 0 Å². The van der Waals surface area contributed by atoms with Gasteiger partial charge in [0.2, 0.25) is 0 Å². The first-order chi connectivity index (χ1) is 14.7. The molecule has 0 bridgehead atoms. The van der Waals surface area contributed by atoms with Gasteiger partial charge in [0.15, 0.2) is 5.84 Å². The summed E-state index contributed by atoms with van der Waals surface area (Å²) in [5.41, 5.74) is 2.38. The van der Waals surface area contributed by atoms with Crippen LogP contribution in [0.15, 0.2) is 99.1 Å². The Labute approximate surface area is 178 Å². The van der Waals surface area contributed by atoms with E-state index in [1.165, 1.54) is 24.3 Å². The lowest BCUT2D eigenvalue weighted by Crippen LogP contribution is -2.42. The highest BCUT2D eigenvalue weighted by molar-refractivity contribution is 7.90. The fourth-order valence-corrected chi connectivity index (χ4v) is 4.27. The maximum Gasteiger partial charge on any atom is 0.284 e. The Morgan fingerprint density at radius 2 is 1.32 bits per heavy atom. The van der Waals surface area contributed by atoms with Gasteiger partial charge in [-0.2, -0.15) is 8.42 Å². The molecule has 0 aliphatic carbocycles. The van der Waals surface area contributed by atoms with Crippen LogP contribution < -0.4 is 10.3 Å². The molecule has 0 saturated heterocycles. The molecular formula is C19H16N4O6S2. The molecule has 0 unspecified atom stereocenters. The van der Waals surface area contributed by atoms with Gasteiger partial charge in [-0.3, -0.25) is 15.5 Å². The van der Waals surface area contributed by atoms with Crippen molar-refractivity contribution in [2.45, 2.75) is 9.79 Å². The minimum atomic E-state index is -4.19. The zero-order valence-electron chi connectivity index (χ0n) is 15.7. The van der Waals surface area contributed by atoms with Crippen LogP contribution in [0.1, 0.15) is 5.56 Å². The second kappa shape index (κ2) is 9.04. The summed E-state index contributed by atoms with van der Waals surface area (Å²) in [5.74, 6) is -0.255. The Hall–Kier alpha value is -3.61. The number of hydrazine groups is 1. The molecule has 10 nitrogen and oxygen atoms in total. The topological polar surface area (TPSA) is 148 Å². The van der Waals surface area contributed by atoms with Gasteiger partial charge in [-0.25, -0.2) is 8.42 Å². The number of hydrogen-bond donors (Lipinski definition) is 2. The van der Waals surface area contributed by atoms with Crippen molar-refractivity contribution in [1.29, 1.82) is 0 Å². The SMILES string of the molecule is O=[N+]([O-])c1ccc(S(=O)(=O)NNC(=NS(=O)(=O)c2ccccc2)c2ccccc2)cc1. The molecule has 2 N–H and O–H groups in total. The predicted molar refractivity (Wildman–Crippen MR) is 113 cm³/mol. The second-order valence-corrected chi connectivity index (χ2v) is 9.36. The fraction of sp³-hybridized carbons (Fsp3) is 0. The second-order valence-electron chi connectivity index (χ2n) is 6.08. The number of sulfonamides is 2. The largest absolute Gasteiger partial charge is 0.291 e. The highest BCUT2D eigenvalue weighted by atomic mass is 32.2. The first-order valence-electron chi connectivity index (χ1n) is 8.67. The number of non-ortho nitro benzene ring substituents is 1. The van der Waals surface area contributed by atoms with Crippen molar-refractivity contribution in [3.05, 3.63) is 101 Å². The number of nitrogens with zero attached hydrogens (tertiary/aromatic N) is 2. The molecule has 0 spiro atoms. The number of hydrogen-bond acceptors (Lipinski definition) is 6. The Bertz CT molecular complexity index is 1310. The minimum Gasteiger partial charge on any atom is -0.291 e. The Balaban J connectivity index is 1.92. The van der Waals surface area contributed by atoms with E-state index < -0.39 is 25.0 Å². The number of nitro groups is 1. The van der Waals surface area contributed by atoms with Crippen LogP contribution in [0.2, 0.25) is 0 Å². The van der Waals surface area contributed by atoms with Crippen molar-refractivity contribution in [2.75, 3.05) is 0 Å². The van der Waals surface area contributed by atoms with Gasteiger partial charge in [-0.15, -0.1) is 9.23 Å². The molecular weight excluding hydrogens is 444 g/mol. The lowest BCUT2D eigenvalue weighted by Gasteiger charge is -2.12. The summed E-state index contributed by atoms with van der Waals surface area (Å²) < 4.78 is 54.1. The van der Waals surface area contributed by atoms with Crippen LogP contribution in [-0.2, 0) is 20.0 Å². The third kappa shape index (κ3) is 5.51. The molecule has 3 aromatic rings. The lowest BCUT2D eigenvalue weighted by atomic mass is 10.2. The van der Waals surface area contributed by atoms with E-state index in [2.05, 4.69) is 14.7 Å². The van der Waals surface area contributed by atoms with Crippen molar-refractivity contribution in [1.82, 2.24) is 10.3 Å². The molecule has 0 saturated carbocycles. The van der Waals surface area contributed by atoms with Gasteiger partial charge in [-0.05, 0) is 24.3 Å². The zero-order valence-corrected chi connectivity index (χ0v) is 17.4. The molecule has 12 heteroatoms. The van der Waals surface area contributed by atoms with Crippen molar-refractivity contribution >= 4 is 31.6 Å². The van der Waals surface area contributed by atoms with E-state index in [1.807, 2.05) is 0 Å². The number of rotatable bonds is 7. The molecule has 0 atom stereocenters. The van der Waals surface area contributed by atoms with Crippen molar-refractivity contribution in [3.63, 3.8) is 0 Å². The van der Waals surface area contributed by atoms with Crippen molar-refractivity contribution in [2.24, 2.45) is 4.40 Å². The normalized spacial score (nSPS) is 12.3. The average molecular weight is 460 g/mol. The van der Waals surface area contributed by atoms with Crippen molar-refractivity contribution in [3.8, 4) is 0 Å². The molecule has 0 amide bonds. The summed E-state index contributed by atoms with van der Waals surface area (Å²) in [7, 11) is -8.32. The zero-order chi connectivity index (χ0) is 22.5. The van der Waals surface area contributed by atoms with Gasteiger partial charge in [0.1, 0.15) is 0 Å². The van der Waals surface area contributed by atoms with Gasteiger partial charge in [0.05, 0.1) is 14.7 Å². The lowest BCUT2D eigenvalue weighted by molar-refractivity contribution is -0.384. The molecule has 0 aromatic heterocycles. The molecule has 3 aromatic carbocycles. The molecule has 0 aliphatic rings. The Morgan fingerprint density at radius 3 is 1.87 bits per heavy atom. The Morgan fingerprint density at radius 1 is 0.774 bits per heavy atom. The molecule has 0 fully saturated rings. The minimum absolute atomic E-state index is 0.0662. The summed E-state index contributed by atoms with van der Waals surface area (Å²) in [5, 5.41) is 10.7. The highest BCUT2D eigenvalue weighted by Gasteiger charge is 2.19. The molecule has 0 radical (unpaired) electrons. The molecule has 31 heavy (non-hydrogen) atoms. The van der Waals surface area contributed by atoms with Gasteiger partial charge in [0.25, 0.3) is 25.7 Å². The summed E-state index contributed by atoms with van der Waals surface area (Å²) in [6, 6.07) is 19.7. The van der Waals surface area contributed by atoms with E-state index >= 15 is 0 Å².